The summed E-state index contributed by atoms with van der Waals surface area (Å²) in [6, 6.07) is 23.3. The molecule has 1 aromatic heterocycles. The van der Waals surface area contributed by atoms with Gasteiger partial charge in [-0.15, -0.1) is 0 Å². The Bertz CT molecular complexity index is 1280. The first kappa shape index (κ1) is 23.4. The number of rotatable bonds is 9. The normalized spacial score (nSPS) is 14.3. The number of hydrogen-bond acceptors (Lipinski definition) is 7. The van der Waals surface area contributed by atoms with Gasteiger partial charge in [0.1, 0.15) is 25.2 Å². The molecule has 2 N–H and O–H groups in total. The SMILES string of the molecule is NCc1ccc(CN(CC2COc3ccc(OCc4ccccc4)cc3O2)C(=O)c2ncco2)cc1. The van der Waals surface area contributed by atoms with Gasteiger partial charge < -0.3 is 29.3 Å². The van der Waals surface area contributed by atoms with E-state index in [0.717, 1.165) is 16.7 Å². The fourth-order valence-corrected chi connectivity index (χ4v) is 3.95. The summed E-state index contributed by atoms with van der Waals surface area (Å²) in [4.78, 5) is 18.8. The molecule has 0 aliphatic carbocycles. The van der Waals surface area contributed by atoms with Crippen LogP contribution in [0.1, 0.15) is 27.4 Å². The zero-order valence-electron chi connectivity index (χ0n) is 19.7. The minimum absolute atomic E-state index is 0.0299. The van der Waals surface area contributed by atoms with Crippen molar-refractivity contribution in [1.29, 1.82) is 0 Å². The molecule has 1 atom stereocenters. The maximum Gasteiger partial charge on any atom is 0.310 e. The van der Waals surface area contributed by atoms with Crippen molar-refractivity contribution in [1.82, 2.24) is 9.88 Å². The first-order chi connectivity index (χ1) is 17.7. The van der Waals surface area contributed by atoms with Crippen LogP contribution >= 0.6 is 0 Å². The quantitative estimate of drug-likeness (QED) is 0.379. The maximum atomic E-state index is 13.2. The van der Waals surface area contributed by atoms with Gasteiger partial charge in [-0.25, -0.2) is 4.98 Å². The number of hydrogen-bond donors (Lipinski definition) is 1. The smallest absolute Gasteiger partial charge is 0.310 e. The summed E-state index contributed by atoms with van der Waals surface area (Å²) >= 11 is 0. The maximum absolute atomic E-state index is 13.2. The van der Waals surface area contributed by atoms with Gasteiger partial charge in [-0.3, -0.25) is 4.79 Å². The molecule has 2 heterocycles. The van der Waals surface area contributed by atoms with E-state index in [1.54, 1.807) is 4.90 Å². The lowest BCUT2D eigenvalue weighted by molar-refractivity contribution is 0.0417. The number of oxazole rings is 1. The molecule has 4 aromatic rings. The predicted octanol–water partition coefficient (Wildman–Crippen LogP) is 4.19. The summed E-state index contributed by atoms with van der Waals surface area (Å²) < 4.78 is 23.4. The third-order valence-electron chi connectivity index (χ3n) is 5.84. The topological polar surface area (TPSA) is 100 Å². The molecule has 1 unspecified atom stereocenters. The molecule has 1 amide bonds. The second-order valence-corrected chi connectivity index (χ2v) is 8.48. The van der Waals surface area contributed by atoms with Crippen LogP contribution < -0.4 is 19.9 Å². The number of nitrogens with zero attached hydrogens (tertiary/aromatic N) is 2. The molecule has 0 radical (unpaired) electrons. The molecule has 1 aliphatic heterocycles. The molecule has 5 rings (SSSR count). The minimum Gasteiger partial charge on any atom is -0.489 e. The number of nitrogens with two attached hydrogens (primary N) is 1. The predicted molar refractivity (Wildman–Crippen MR) is 133 cm³/mol. The van der Waals surface area contributed by atoms with Gasteiger partial charge in [0.2, 0.25) is 0 Å². The van der Waals surface area contributed by atoms with E-state index in [4.69, 9.17) is 24.4 Å². The van der Waals surface area contributed by atoms with Crippen LogP contribution in [-0.2, 0) is 19.7 Å². The van der Waals surface area contributed by atoms with Crippen LogP contribution in [0.4, 0.5) is 0 Å². The Morgan fingerprint density at radius 1 is 1.00 bits per heavy atom. The van der Waals surface area contributed by atoms with Crippen LogP contribution in [0.3, 0.4) is 0 Å². The van der Waals surface area contributed by atoms with E-state index in [1.165, 1.54) is 12.5 Å². The summed E-state index contributed by atoms with van der Waals surface area (Å²) in [7, 11) is 0. The first-order valence-corrected chi connectivity index (χ1v) is 11.7. The molecule has 184 valence electrons. The standard InChI is InChI=1S/C28H27N3O5/c29-15-20-6-8-21(9-7-20)16-31(28(32)27-30-12-13-33-27)17-24-19-35-25-11-10-23(14-26(25)36-24)34-18-22-4-2-1-3-5-22/h1-14,24H,15-19,29H2. The lowest BCUT2D eigenvalue weighted by Gasteiger charge is -2.31. The number of aromatic nitrogens is 1. The second kappa shape index (κ2) is 11.0. The average molecular weight is 486 g/mol. The van der Waals surface area contributed by atoms with E-state index >= 15 is 0 Å². The van der Waals surface area contributed by atoms with Crippen LogP contribution in [0, 0.1) is 0 Å². The van der Waals surface area contributed by atoms with Crippen LogP contribution in [0.2, 0.25) is 0 Å². The molecule has 0 fully saturated rings. The monoisotopic (exact) mass is 485 g/mol. The number of carbonyl (C=O) groups is 1. The highest BCUT2D eigenvalue weighted by Gasteiger charge is 2.28. The van der Waals surface area contributed by atoms with Crippen LogP contribution in [0.25, 0.3) is 0 Å². The molecule has 0 saturated carbocycles. The fourth-order valence-electron chi connectivity index (χ4n) is 3.95. The number of benzene rings is 3. The van der Waals surface area contributed by atoms with Gasteiger partial charge in [0.15, 0.2) is 17.6 Å². The van der Waals surface area contributed by atoms with Crippen molar-refractivity contribution in [3.63, 3.8) is 0 Å². The Hall–Kier alpha value is -4.30. The van der Waals surface area contributed by atoms with Gasteiger partial charge in [0.05, 0.1) is 12.7 Å². The van der Waals surface area contributed by atoms with E-state index in [2.05, 4.69) is 4.98 Å². The van der Waals surface area contributed by atoms with Crippen molar-refractivity contribution in [2.75, 3.05) is 13.2 Å². The zero-order chi connectivity index (χ0) is 24.7. The van der Waals surface area contributed by atoms with Crippen molar-refractivity contribution < 1.29 is 23.4 Å². The molecule has 8 nitrogen and oxygen atoms in total. The van der Waals surface area contributed by atoms with E-state index in [9.17, 15) is 4.79 Å². The van der Waals surface area contributed by atoms with Crippen molar-refractivity contribution in [2.24, 2.45) is 5.73 Å². The molecule has 36 heavy (non-hydrogen) atoms. The Labute approximate surface area is 209 Å². The molecular formula is C28H27N3O5. The van der Waals surface area contributed by atoms with Gasteiger partial charge in [0, 0.05) is 19.2 Å². The number of ether oxygens (including phenoxy) is 3. The summed E-state index contributed by atoms with van der Waals surface area (Å²) in [5.74, 6) is 1.60. The summed E-state index contributed by atoms with van der Waals surface area (Å²) in [5.41, 5.74) is 8.77. The van der Waals surface area contributed by atoms with Crippen molar-refractivity contribution in [2.45, 2.75) is 25.8 Å². The molecule has 0 spiro atoms. The van der Waals surface area contributed by atoms with E-state index in [1.807, 2.05) is 72.8 Å². The van der Waals surface area contributed by atoms with Crippen molar-refractivity contribution in [3.8, 4) is 17.2 Å². The van der Waals surface area contributed by atoms with Crippen LogP contribution in [0.5, 0.6) is 17.2 Å². The third kappa shape index (κ3) is 5.67. The highest BCUT2D eigenvalue weighted by molar-refractivity contribution is 5.89. The Morgan fingerprint density at radius 3 is 2.56 bits per heavy atom. The van der Waals surface area contributed by atoms with Gasteiger partial charge in [-0.05, 0) is 28.8 Å². The summed E-state index contributed by atoms with van der Waals surface area (Å²) in [6.45, 7) is 1.86. The Balaban J connectivity index is 1.28. The van der Waals surface area contributed by atoms with E-state index in [0.29, 0.717) is 43.6 Å². The Kier molecular flexibility index (Phi) is 7.14. The van der Waals surface area contributed by atoms with Crippen LogP contribution in [0.15, 0.2) is 89.7 Å². The van der Waals surface area contributed by atoms with Crippen molar-refractivity contribution >= 4 is 5.91 Å². The number of amides is 1. The highest BCUT2D eigenvalue weighted by Crippen LogP contribution is 2.35. The largest absolute Gasteiger partial charge is 0.489 e. The van der Waals surface area contributed by atoms with Crippen molar-refractivity contribution in [3.05, 3.63) is 108 Å². The number of carbonyl (C=O) groups excluding carboxylic acids is 1. The van der Waals surface area contributed by atoms with Crippen LogP contribution in [-0.4, -0.2) is 35.0 Å². The lowest BCUT2D eigenvalue weighted by Crippen LogP contribution is -2.43. The highest BCUT2D eigenvalue weighted by atomic mass is 16.6. The fraction of sp³-hybridized carbons (Fsp3) is 0.214. The van der Waals surface area contributed by atoms with E-state index in [-0.39, 0.29) is 24.4 Å². The Morgan fingerprint density at radius 2 is 1.81 bits per heavy atom. The molecule has 0 bridgehead atoms. The van der Waals surface area contributed by atoms with E-state index < -0.39 is 0 Å². The lowest BCUT2D eigenvalue weighted by atomic mass is 10.1. The molecular weight excluding hydrogens is 458 g/mol. The second-order valence-electron chi connectivity index (χ2n) is 8.48. The minimum atomic E-state index is -0.385. The van der Waals surface area contributed by atoms with Gasteiger partial charge >= 0.3 is 5.91 Å². The third-order valence-corrected chi connectivity index (χ3v) is 5.84. The molecule has 8 heteroatoms. The zero-order valence-corrected chi connectivity index (χ0v) is 19.7. The number of fused-ring (bicyclic) bond motifs is 1. The average Bonchev–Trinajstić information content (AvgIpc) is 3.47. The summed E-state index contributed by atoms with van der Waals surface area (Å²) in [6.07, 6.45) is 2.45. The first-order valence-electron chi connectivity index (χ1n) is 11.7. The molecule has 3 aromatic carbocycles. The van der Waals surface area contributed by atoms with Gasteiger partial charge in [-0.1, -0.05) is 54.6 Å². The van der Waals surface area contributed by atoms with Gasteiger partial charge in [-0.2, -0.15) is 0 Å². The summed E-state index contributed by atoms with van der Waals surface area (Å²) in [5, 5.41) is 0. The molecule has 0 saturated heterocycles. The van der Waals surface area contributed by atoms with Gasteiger partial charge in [0.25, 0.3) is 5.89 Å². The molecule has 1 aliphatic rings.